The van der Waals surface area contributed by atoms with Crippen molar-refractivity contribution in [3.8, 4) is 0 Å². The first-order valence-corrected chi connectivity index (χ1v) is 15.6. The highest BCUT2D eigenvalue weighted by molar-refractivity contribution is 7.98. The van der Waals surface area contributed by atoms with E-state index in [0.717, 1.165) is 5.06 Å². The van der Waals surface area contributed by atoms with Gasteiger partial charge in [-0.1, -0.05) is 59.8 Å². The minimum absolute atomic E-state index is 0.288. The van der Waals surface area contributed by atoms with E-state index in [9.17, 15) is 14.8 Å². The van der Waals surface area contributed by atoms with E-state index in [1.807, 2.05) is 18.2 Å². The van der Waals surface area contributed by atoms with Gasteiger partial charge in [0.05, 0.1) is 43.1 Å². The standard InChI is InChI=1S/C32H31N5O4P/c1-41-31(38)29(30-23-36(34-33-30)24-20-25-22-35(21-24)32(39)37(25)40)18-11-19-42(26-12-5-2-6-13-26,27-14-7-3-8-15-27)28-16-9-4-10-17-28/h2-17,19-20,23,25,29,40H,18,21-22H2,1H3/q+1/b19-11+. The van der Waals surface area contributed by atoms with Gasteiger partial charge in [-0.3, -0.25) is 10.0 Å². The van der Waals surface area contributed by atoms with Crippen molar-refractivity contribution in [3.63, 3.8) is 0 Å². The Morgan fingerprint density at radius 3 is 2.10 bits per heavy atom. The Bertz CT molecular complexity index is 1530. The Morgan fingerprint density at radius 2 is 1.57 bits per heavy atom. The summed E-state index contributed by atoms with van der Waals surface area (Å²) in [5.74, 6) is 1.18. The molecule has 1 N–H and O–H groups in total. The predicted octanol–water partition coefficient (Wildman–Crippen LogP) is 3.78. The molecule has 3 heterocycles. The molecule has 3 aromatic carbocycles. The number of hydrogen-bond donors (Lipinski definition) is 1. The number of esters is 1. The third-order valence-corrected chi connectivity index (χ3v) is 11.8. The summed E-state index contributed by atoms with van der Waals surface area (Å²) >= 11 is 0. The number of aromatic nitrogens is 3. The molecule has 2 aliphatic rings. The van der Waals surface area contributed by atoms with Crippen LogP contribution in [0.2, 0.25) is 0 Å². The van der Waals surface area contributed by atoms with E-state index in [0.29, 0.717) is 24.4 Å². The summed E-state index contributed by atoms with van der Waals surface area (Å²) in [5.41, 5.74) is 1.17. The van der Waals surface area contributed by atoms with Crippen LogP contribution in [0.25, 0.3) is 5.70 Å². The molecular formula is C32H31N5O4P+. The zero-order chi connectivity index (χ0) is 29.1. The molecule has 2 aliphatic heterocycles. The summed E-state index contributed by atoms with van der Waals surface area (Å²) in [6.07, 6.45) is 5.92. The maximum absolute atomic E-state index is 13.0. The summed E-state index contributed by atoms with van der Waals surface area (Å²) in [4.78, 5) is 26.7. The normalized spacial score (nSPS) is 17.4. The number of urea groups is 1. The van der Waals surface area contributed by atoms with E-state index in [4.69, 9.17) is 4.74 Å². The number of ether oxygens (including phenoxy) is 1. The number of hydrogen-bond acceptors (Lipinski definition) is 6. The van der Waals surface area contributed by atoms with Gasteiger partial charge in [-0.15, -0.1) is 5.10 Å². The van der Waals surface area contributed by atoms with Crippen molar-refractivity contribution in [1.82, 2.24) is 25.0 Å². The number of methoxy groups -OCH3 is 1. The minimum atomic E-state index is -2.22. The summed E-state index contributed by atoms with van der Waals surface area (Å²) < 4.78 is 6.75. The molecule has 0 saturated carbocycles. The fourth-order valence-corrected chi connectivity index (χ4v) is 9.43. The molecule has 1 saturated heterocycles. The molecular weight excluding hydrogens is 549 g/mol. The number of fused-ring (bicyclic) bond motifs is 2. The molecule has 0 aliphatic carbocycles. The van der Waals surface area contributed by atoms with Gasteiger partial charge < -0.3 is 9.64 Å². The smallest absolute Gasteiger partial charge is 0.344 e. The Balaban J connectivity index is 1.35. The SMILES string of the molecule is COC(=O)C(C/C=C/[P+](c1ccccc1)(c1ccccc1)c1ccccc1)c1cn(C2=CC3CN(C2)C(=O)N3O)nn1. The van der Waals surface area contributed by atoms with Gasteiger partial charge in [-0.05, 0) is 55.0 Å². The number of benzene rings is 3. The van der Waals surface area contributed by atoms with Crippen molar-refractivity contribution in [2.75, 3.05) is 20.2 Å². The number of carbonyl (C=O) groups excluding carboxylic acids is 2. The van der Waals surface area contributed by atoms with Crippen LogP contribution in [0.15, 0.2) is 115 Å². The van der Waals surface area contributed by atoms with E-state index >= 15 is 0 Å². The predicted molar refractivity (Wildman–Crippen MR) is 162 cm³/mol. The van der Waals surface area contributed by atoms with Crippen LogP contribution in [-0.4, -0.2) is 68.4 Å². The van der Waals surface area contributed by atoms with Crippen LogP contribution in [0, 0.1) is 0 Å². The molecule has 2 bridgehead atoms. The topological polar surface area (TPSA) is 101 Å². The van der Waals surface area contributed by atoms with Gasteiger partial charge in [0, 0.05) is 6.54 Å². The number of rotatable bonds is 9. The van der Waals surface area contributed by atoms with Gasteiger partial charge in [0.25, 0.3) is 0 Å². The second kappa shape index (κ2) is 11.7. The van der Waals surface area contributed by atoms with Crippen LogP contribution in [0.4, 0.5) is 4.79 Å². The van der Waals surface area contributed by atoms with Gasteiger partial charge in [0.1, 0.15) is 29.1 Å². The Labute approximate surface area is 244 Å². The van der Waals surface area contributed by atoms with Crippen molar-refractivity contribution in [2.24, 2.45) is 0 Å². The van der Waals surface area contributed by atoms with Gasteiger partial charge in [-0.25, -0.2) is 9.48 Å². The van der Waals surface area contributed by atoms with Crippen molar-refractivity contribution in [3.05, 3.63) is 121 Å². The highest BCUT2D eigenvalue weighted by Gasteiger charge is 2.43. The third kappa shape index (κ3) is 5.02. The number of carbonyl (C=O) groups is 2. The van der Waals surface area contributed by atoms with Crippen LogP contribution >= 0.6 is 7.26 Å². The fourth-order valence-electron chi connectivity index (χ4n) is 5.65. The zero-order valence-corrected chi connectivity index (χ0v) is 24.0. The van der Waals surface area contributed by atoms with Crippen LogP contribution in [0.3, 0.4) is 0 Å². The molecule has 1 fully saturated rings. The van der Waals surface area contributed by atoms with E-state index in [1.54, 1.807) is 21.9 Å². The molecule has 2 unspecified atom stereocenters. The summed E-state index contributed by atoms with van der Waals surface area (Å²) in [5, 5.41) is 23.0. The Kier molecular flexibility index (Phi) is 7.69. The van der Waals surface area contributed by atoms with Crippen molar-refractivity contribution < 1.29 is 19.5 Å². The summed E-state index contributed by atoms with van der Waals surface area (Å²) in [6.45, 7) is 0.710. The first-order chi connectivity index (χ1) is 20.5. The molecule has 0 radical (unpaired) electrons. The van der Waals surface area contributed by atoms with Crippen molar-refractivity contribution in [2.45, 2.75) is 18.4 Å². The molecule has 2 atom stereocenters. The molecule has 2 amide bonds. The molecule has 1 aromatic heterocycles. The molecule has 9 nitrogen and oxygen atoms in total. The lowest BCUT2D eigenvalue weighted by molar-refractivity contribution is -0.142. The number of allylic oxidation sites excluding steroid dienone is 1. The zero-order valence-electron chi connectivity index (χ0n) is 23.1. The Hall–Kier alpha value is -4.59. The highest BCUT2D eigenvalue weighted by Crippen LogP contribution is 2.57. The largest absolute Gasteiger partial charge is 0.468 e. The molecule has 4 aromatic rings. The lowest BCUT2D eigenvalue weighted by atomic mass is 10.0. The second-order valence-corrected chi connectivity index (χ2v) is 13.5. The van der Waals surface area contributed by atoms with Crippen LogP contribution in [0.5, 0.6) is 0 Å². The molecule has 212 valence electrons. The van der Waals surface area contributed by atoms with Gasteiger partial charge >= 0.3 is 12.0 Å². The van der Waals surface area contributed by atoms with E-state index in [1.165, 1.54) is 23.0 Å². The molecule has 42 heavy (non-hydrogen) atoms. The number of amides is 2. The number of hydroxylamine groups is 2. The average Bonchev–Trinajstić information content (AvgIpc) is 3.61. The lowest BCUT2D eigenvalue weighted by Crippen LogP contribution is -2.31. The molecule has 10 heteroatoms. The van der Waals surface area contributed by atoms with E-state index in [-0.39, 0.29) is 6.54 Å². The van der Waals surface area contributed by atoms with Crippen molar-refractivity contribution >= 4 is 40.9 Å². The fraction of sp³-hybridized carbons (Fsp3) is 0.188. The second-order valence-electron chi connectivity index (χ2n) is 10.2. The third-order valence-electron chi connectivity index (χ3n) is 7.77. The Morgan fingerprint density at radius 1 is 1.00 bits per heavy atom. The first-order valence-electron chi connectivity index (χ1n) is 13.7. The quantitative estimate of drug-likeness (QED) is 0.184. The summed E-state index contributed by atoms with van der Waals surface area (Å²) in [7, 11) is -0.854. The van der Waals surface area contributed by atoms with Crippen molar-refractivity contribution in [1.29, 1.82) is 0 Å². The first kappa shape index (κ1) is 27.6. The monoisotopic (exact) mass is 580 g/mol. The maximum Gasteiger partial charge on any atom is 0.344 e. The summed E-state index contributed by atoms with van der Waals surface area (Å²) in [6, 6.07) is 30.5. The average molecular weight is 581 g/mol. The van der Waals surface area contributed by atoms with E-state index in [2.05, 4.69) is 95.0 Å². The minimum Gasteiger partial charge on any atom is -0.468 e. The van der Waals surface area contributed by atoms with Crippen LogP contribution in [-0.2, 0) is 9.53 Å². The van der Waals surface area contributed by atoms with Crippen LogP contribution in [0.1, 0.15) is 18.0 Å². The van der Waals surface area contributed by atoms with Gasteiger partial charge in [0.2, 0.25) is 0 Å². The van der Waals surface area contributed by atoms with E-state index < -0.39 is 31.2 Å². The lowest BCUT2D eigenvalue weighted by Gasteiger charge is -2.24. The van der Waals surface area contributed by atoms with Crippen LogP contribution < -0.4 is 15.9 Å². The number of nitrogens with zero attached hydrogens (tertiary/aromatic N) is 5. The highest BCUT2D eigenvalue weighted by atomic mass is 31.2. The van der Waals surface area contributed by atoms with Gasteiger partial charge in [-0.2, -0.15) is 5.06 Å². The van der Waals surface area contributed by atoms with Gasteiger partial charge in [0.15, 0.2) is 0 Å². The molecule has 0 spiro atoms. The molecule has 6 rings (SSSR count). The maximum atomic E-state index is 13.0.